The average molecular weight is 344 g/mol. The Bertz CT molecular complexity index is 1070. The van der Waals surface area contributed by atoms with Crippen LogP contribution in [0.2, 0.25) is 0 Å². The summed E-state index contributed by atoms with van der Waals surface area (Å²) >= 11 is 0. The zero-order chi connectivity index (χ0) is 17.9. The van der Waals surface area contributed by atoms with Crippen LogP contribution in [0.1, 0.15) is 11.4 Å². The number of para-hydroxylation sites is 1. The number of hydrogen-bond donors (Lipinski definition) is 1. The first-order chi connectivity index (χ1) is 12.7. The molecule has 0 aliphatic rings. The number of azo groups is 1. The van der Waals surface area contributed by atoms with Crippen molar-refractivity contribution in [3.63, 3.8) is 0 Å². The number of aromatic hydroxyl groups is 1. The Morgan fingerprint density at radius 1 is 1.00 bits per heavy atom. The number of nitrogens with zero attached hydrogens (tertiary/aromatic N) is 6. The van der Waals surface area contributed by atoms with E-state index in [2.05, 4.69) is 25.3 Å². The molecule has 128 valence electrons. The quantitative estimate of drug-likeness (QED) is 0.564. The van der Waals surface area contributed by atoms with E-state index in [9.17, 15) is 5.11 Å². The first kappa shape index (κ1) is 15.9. The molecule has 4 rings (SSSR count). The van der Waals surface area contributed by atoms with Gasteiger partial charge in [-0.15, -0.1) is 5.11 Å². The average Bonchev–Trinajstić information content (AvgIpc) is 3.08. The van der Waals surface area contributed by atoms with Crippen LogP contribution >= 0.6 is 0 Å². The van der Waals surface area contributed by atoms with Crippen molar-refractivity contribution in [1.29, 1.82) is 0 Å². The van der Waals surface area contributed by atoms with Crippen LogP contribution in [0.3, 0.4) is 0 Å². The highest BCUT2D eigenvalue weighted by molar-refractivity contribution is 5.85. The largest absolute Gasteiger partial charge is 0.508 e. The maximum absolute atomic E-state index is 9.33. The number of aryl methyl sites for hydroxylation is 1. The summed E-state index contributed by atoms with van der Waals surface area (Å²) in [7, 11) is 0. The second-order valence-corrected chi connectivity index (χ2v) is 5.79. The SMILES string of the molecule is Cc1nc(N=NCc2ccc(O)cc2)c2cnn(-c3ccccc3)c2n1. The van der Waals surface area contributed by atoms with Gasteiger partial charge in [-0.1, -0.05) is 30.3 Å². The fraction of sp³-hybridized carbons (Fsp3) is 0.105. The van der Waals surface area contributed by atoms with Crippen molar-refractivity contribution in [2.75, 3.05) is 0 Å². The smallest absolute Gasteiger partial charge is 0.188 e. The first-order valence-electron chi connectivity index (χ1n) is 8.14. The number of aromatic nitrogens is 4. The molecule has 0 aliphatic heterocycles. The van der Waals surface area contributed by atoms with E-state index >= 15 is 0 Å². The van der Waals surface area contributed by atoms with Gasteiger partial charge in [0.25, 0.3) is 0 Å². The molecule has 0 saturated heterocycles. The standard InChI is InChI=1S/C19H16N6O/c1-13-22-18(24-20-11-14-7-9-16(26)10-8-14)17-12-21-25(19(17)23-13)15-5-3-2-4-6-15/h2-10,12,26H,11H2,1H3. The van der Waals surface area contributed by atoms with Crippen LogP contribution in [0.4, 0.5) is 5.82 Å². The van der Waals surface area contributed by atoms with Crippen LogP contribution in [0.5, 0.6) is 5.75 Å². The minimum atomic E-state index is 0.229. The Morgan fingerprint density at radius 2 is 1.77 bits per heavy atom. The van der Waals surface area contributed by atoms with Gasteiger partial charge in [0.15, 0.2) is 11.5 Å². The predicted octanol–water partition coefficient (Wildman–Crippen LogP) is 4.11. The Hall–Kier alpha value is -3.61. The molecule has 0 fully saturated rings. The summed E-state index contributed by atoms with van der Waals surface area (Å²) in [6.45, 7) is 2.22. The second-order valence-electron chi connectivity index (χ2n) is 5.79. The Kier molecular flexibility index (Phi) is 4.10. The van der Waals surface area contributed by atoms with Crippen LogP contribution in [0, 0.1) is 6.92 Å². The summed E-state index contributed by atoms with van der Waals surface area (Å²) in [4.78, 5) is 8.90. The molecule has 0 radical (unpaired) electrons. The van der Waals surface area contributed by atoms with E-state index < -0.39 is 0 Å². The lowest BCUT2D eigenvalue weighted by atomic mass is 10.2. The number of rotatable bonds is 4. The highest BCUT2D eigenvalue weighted by atomic mass is 16.3. The first-order valence-corrected chi connectivity index (χ1v) is 8.14. The molecule has 0 amide bonds. The van der Waals surface area contributed by atoms with E-state index in [4.69, 9.17) is 0 Å². The lowest BCUT2D eigenvalue weighted by Gasteiger charge is -2.03. The molecular formula is C19H16N6O. The molecule has 2 aromatic heterocycles. The van der Waals surface area contributed by atoms with Gasteiger partial charge in [0.2, 0.25) is 0 Å². The maximum atomic E-state index is 9.33. The van der Waals surface area contributed by atoms with E-state index in [-0.39, 0.29) is 5.75 Å². The maximum Gasteiger partial charge on any atom is 0.188 e. The molecule has 4 aromatic rings. The highest BCUT2D eigenvalue weighted by Gasteiger charge is 2.12. The van der Waals surface area contributed by atoms with Crippen molar-refractivity contribution in [2.45, 2.75) is 13.5 Å². The van der Waals surface area contributed by atoms with Crippen molar-refractivity contribution < 1.29 is 5.11 Å². The number of phenolic OH excluding ortho intramolecular Hbond substituents is 1. The molecular weight excluding hydrogens is 328 g/mol. The van der Waals surface area contributed by atoms with Gasteiger partial charge in [0, 0.05) is 0 Å². The highest BCUT2D eigenvalue weighted by Crippen LogP contribution is 2.25. The van der Waals surface area contributed by atoms with Crippen molar-refractivity contribution in [1.82, 2.24) is 19.7 Å². The van der Waals surface area contributed by atoms with Crippen LogP contribution in [0.25, 0.3) is 16.7 Å². The van der Waals surface area contributed by atoms with Crippen LogP contribution in [-0.4, -0.2) is 24.9 Å². The van der Waals surface area contributed by atoms with E-state index in [1.54, 1.807) is 23.0 Å². The van der Waals surface area contributed by atoms with Gasteiger partial charge in [0.05, 0.1) is 23.8 Å². The number of hydrogen-bond acceptors (Lipinski definition) is 6. The summed E-state index contributed by atoms with van der Waals surface area (Å²) in [5, 5.41) is 23.0. The van der Waals surface area contributed by atoms with E-state index in [1.807, 2.05) is 49.4 Å². The minimum Gasteiger partial charge on any atom is -0.508 e. The molecule has 7 heteroatoms. The Labute approximate surface area is 149 Å². The molecule has 1 N–H and O–H groups in total. The molecule has 0 saturated carbocycles. The number of benzene rings is 2. The van der Waals surface area contributed by atoms with E-state index in [1.165, 1.54) is 0 Å². The molecule has 0 spiro atoms. The fourth-order valence-corrected chi connectivity index (χ4v) is 2.62. The number of phenols is 1. The molecule has 0 bridgehead atoms. The second kappa shape index (κ2) is 6.72. The van der Waals surface area contributed by atoms with Gasteiger partial charge in [-0.25, -0.2) is 14.6 Å². The topological polar surface area (TPSA) is 88.5 Å². The summed E-state index contributed by atoms with van der Waals surface area (Å²) < 4.78 is 1.77. The zero-order valence-electron chi connectivity index (χ0n) is 14.1. The van der Waals surface area contributed by atoms with Gasteiger partial charge in [-0.05, 0) is 36.8 Å². The molecule has 0 atom stereocenters. The molecule has 7 nitrogen and oxygen atoms in total. The van der Waals surface area contributed by atoms with Crippen LogP contribution in [0.15, 0.2) is 71.0 Å². The molecule has 0 unspecified atom stereocenters. The Morgan fingerprint density at radius 3 is 2.54 bits per heavy atom. The lowest BCUT2D eigenvalue weighted by Crippen LogP contribution is -1.98. The van der Waals surface area contributed by atoms with Crippen LogP contribution in [-0.2, 0) is 6.54 Å². The van der Waals surface area contributed by atoms with Crippen molar-refractivity contribution in [3.05, 3.63) is 72.2 Å². The van der Waals surface area contributed by atoms with Gasteiger partial charge in [-0.3, -0.25) is 0 Å². The summed E-state index contributed by atoms with van der Waals surface area (Å²) in [6, 6.07) is 16.7. The summed E-state index contributed by atoms with van der Waals surface area (Å²) in [6.07, 6.45) is 1.71. The lowest BCUT2D eigenvalue weighted by molar-refractivity contribution is 0.475. The molecule has 26 heavy (non-hydrogen) atoms. The fourth-order valence-electron chi connectivity index (χ4n) is 2.62. The minimum absolute atomic E-state index is 0.229. The molecule has 2 aromatic carbocycles. The number of fused-ring (bicyclic) bond motifs is 1. The molecule has 0 aliphatic carbocycles. The van der Waals surface area contributed by atoms with E-state index in [0.717, 1.165) is 16.6 Å². The van der Waals surface area contributed by atoms with Gasteiger partial charge < -0.3 is 5.11 Å². The Balaban J connectivity index is 1.68. The zero-order valence-corrected chi connectivity index (χ0v) is 14.1. The van der Waals surface area contributed by atoms with Crippen molar-refractivity contribution >= 4 is 16.9 Å². The van der Waals surface area contributed by atoms with E-state index in [0.29, 0.717) is 23.8 Å². The third kappa shape index (κ3) is 3.14. The van der Waals surface area contributed by atoms with Gasteiger partial charge in [0.1, 0.15) is 11.6 Å². The third-order valence-corrected chi connectivity index (χ3v) is 3.88. The van der Waals surface area contributed by atoms with Crippen molar-refractivity contribution in [3.8, 4) is 11.4 Å². The molecule has 2 heterocycles. The third-order valence-electron chi connectivity index (χ3n) is 3.88. The van der Waals surface area contributed by atoms with Gasteiger partial charge >= 0.3 is 0 Å². The predicted molar refractivity (Wildman–Crippen MR) is 97.7 cm³/mol. The normalized spacial score (nSPS) is 11.4. The van der Waals surface area contributed by atoms with Gasteiger partial charge in [-0.2, -0.15) is 10.2 Å². The van der Waals surface area contributed by atoms with Crippen LogP contribution < -0.4 is 0 Å². The van der Waals surface area contributed by atoms with Crippen molar-refractivity contribution in [2.24, 2.45) is 10.2 Å². The summed E-state index contributed by atoms with van der Waals surface area (Å²) in [5.41, 5.74) is 2.57. The summed E-state index contributed by atoms with van der Waals surface area (Å²) in [5.74, 6) is 1.33. The monoisotopic (exact) mass is 344 g/mol.